The third kappa shape index (κ3) is 4.74. The molecule has 6 nitrogen and oxygen atoms in total. The molecule has 11 rings (SSSR count). The van der Waals surface area contributed by atoms with E-state index in [9.17, 15) is 32.2 Å². The molecule has 9 aliphatic rings. The predicted molar refractivity (Wildman–Crippen MR) is 200 cm³/mol. The lowest BCUT2D eigenvalue weighted by molar-refractivity contribution is -0.174. The summed E-state index contributed by atoms with van der Waals surface area (Å²) in [6, 6.07) is 6.76. The van der Waals surface area contributed by atoms with Crippen LogP contribution in [-0.2, 0) is 10.0 Å². The van der Waals surface area contributed by atoms with Crippen LogP contribution < -0.4 is 0 Å². The Morgan fingerprint density at radius 1 is 0.943 bits per heavy atom. The van der Waals surface area contributed by atoms with E-state index in [1.165, 1.54) is 17.4 Å². The van der Waals surface area contributed by atoms with Crippen LogP contribution in [0.3, 0.4) is 0 Å². The fraction of sp³-hybridized carbons (Fsp3) is 0.651. The molecule has 1 heterocycles. The minimum atomic E-state index is -3.90. The maximum Gasteiger partial charge on any atom is 0.252 e. The number of aliphatic hydroxyl groups excluding tert-OH is 1. The van der Waals surface area contributed by atoms with Crippen LogP contribution in [0, 0.1) is 68.3 Å². The fourth-order valence-corrected chi connectivity index (χ4v) is 16.6. The van der Waals surface area contributed by atoms with Gasteiger partial charge in [-0.25, -0.2) is 17.2 Å². The van der Waals surface area contributed by atoms with E-state index < -0.39 is 49.6 Å². The molecule has 9 aliphatic carbocycles. The molecule has 4 bridgehead atoms. The number of hydrogen-bond acceptors (Lipinski definition) is 6. The van der Waals surface area contributed by atoms with Crippen LogP contribution in [0.25, 0.3) is 0 Å². The van der Waals surface area contributed by atoms with Gasteiger partial charge in [-0.3, -0.25) is 4.79 Å². The summed E-state index contributed by atoms with van der Waals surface area (Å²) in [6.45, 7) is 9.42. The van der Waals surface area contributed by atoms with Gasteiger partial charge < -0.3 is 10.2 Å². The van der Waals surface area contributed by atoms with E-state index in [1.807, 2.05) is 0 Å². The van der Waals surface area contributed by atoms with Crippen LogP contribution in [0.1, 0.15) is 102 Å². The minimum Gasteiger partial charge on any atom is -0.393 e. The number of aliphatic hydroxyl groups is 2. The molecule has 286 valence electrons. The first-order valence-corrected chi connectivity index (χ1v) is 22.1. The SMILES string of the molecule is CC1(C)[C@H]2CC[C@@H](CN(C[C@]3(O)CC[C@H]4[C@]56C=C[C@@]7(C=C5C(=O)c5ccc(F)c(F)c5)CC(O)CC[C@]7(C)[C@H]6CC[C@@]43C)S(=O)(=O)c3cccs3)[C@@H]1C2. The van der Waals surface area contributed by atoms with Gasteiger partial charge in [-0.2, -0.15) is 4.31 Å². The lowest BCUT2D eigenvalue weighted by Crippen LogP contribution is -2.67. The molecule has 1 aromatic heterocycles. The number of carbonyl (C=O) groups is 1. The molecule has 6 fully saturated rings. The van der Waals surface area contributed by atoms with Crippen molar-refractivity contribution in [1.29, 1.82) is 0 Å². The molecule has 0 aliphatic heterocycles. The summed E-state index contributed by atoms with van der Waals surface area (Å²) in [5.74, 6) is -1.28. The first kappa shape index (κ1) is 36.4. The molecular weight excluding hydrogens is 713 g/mol. The number of fused-ring (bicyclic) bond motifs is 3. The second kappa shape index (κ2) is 11.7. The van der Waals surface area contributed by atoms with Gasteiger partial charge >= 0.3 is 0 Å². The third-order valence-electron chi connectivity index (χ3n) is 17.1. The number of ketones is 1. The van der Waals surface area contributed by atoms with E-state index in [0.29, 0.717) is 66.7 Å². The Morgan fingerprint density at radius 2 is 1.68 bits per heavy atom. The molecule has 0 radical (unpaired) electrons. The lowest BCUT2D eigenvalue weighted by Gasteiger charge is -2.71. The van der Waals surface area contributed by atoms with E-state index in [0.717, 1.165) is 37.8 Å². The van der Waals surface area contributed by atoms with Gasteiger partial charge in [0.15, 0.2) is 17.4 Å². The molecule has 0 amide bonds. The number of Topliss-reactive ketones (excluding diaryl/α,β-unsaturated/α-hetero) is 1. The standard InChI is InChI=1S/C43H53F2NO5S2/c1-38(2)28-9-7-27(30(38)21-28)24-46(53(50,51)36-6-5-19-52-36)25-42(49)16-13-35-40(42,4)15-12-34-39(3)14-11-29(47)22-41(39)17-18-43(34,35)31(23-41)37(48)26-8-10-32(44)33(45)20-26/h5-6,8,10,17-20,23,27-30,34-35,47,49H,7,9,11-16,21-22,24-25H2,1-4H3/t27-,28-,29?,30-,34+,35+,39+,40-,41-,42+,43+/m0/s1. The molecule has 0 saturated heterocycles. The summed E-state index contributed by atoms with van der Waals surface area (Å²) >= 11 is 1.21. The van der Waals surface area contributed by atoms with Crippen molar-refractivity contribution in [2.75, 3.05) is 13.1 Å². The van der Waals surface area contributed by atoms with Crippen molar-refractivity contribution in [1.82, 2.24) is 4.31 Å². The van der Waals surface area contributed by atoms with Gasteiger partial charge in [0.1, 0.15) is 4.21 Å². The van der Waals surface area contributed by atoms with E-state index in [1.54, 1.807) is 21.8 Å². The van der Waals surface area contributed by atoms with Gasteiger partial charge in [-0.05, 0) is 134 Å². The third-order valence-corrected chi connectivity index (χ3v) is 20.3. The number of nitrogens with zero attached hydrogens (tertiary/aromatic N) is 1. The molecule has 2 spiro atoms. The van der Waals surface area contributed by atoms with E-state index >= 15 is 0 Å². The maximum atomic E-state index is 14.8. The minimum absolute atomic E-state index is 0.0126. The van der Waals surface area contributed by atoms with Crippen molar-refractivity contribution in [2.45, 2.75) is 108 Å². The Balaban J connectivity index is 1.13. The summed E-state index contributed by atoms with van der Waals surface area (Å²) in [5.41, 5.74) is -2.93. The molecule has 2 aromatic rings. The molecule has 6 saturated carbocycles. The van der Waals surface area contributed by atoms with Crippen LogP contribution >= 0.6 is 11.3 Å². The second-order valence-electron chi connectivity index (χ2n) is 19.2. The number of rotatable bonds is 8. The molecule has 10 heteroatoms. The summed E-state index contributed by atoms with van der Waals surface area (Å²) in [7, 11) is -3.90. The number of benzene rings is 1. The first-order valence-electron chi connectivity index (χ1n) is 19.8. The fourth-order valence-electron chi connectivity index (χ4n) is 13.9. The van der Waals surface area contributed by atoms with Gasteiger partial charge in [0.2, 0.25) is 0 Å². The number of carbonyl (C=O) groups excluding carboxylic acids is 1. The summed E-state index contributed by atoms with van der Waals surface area (Å²) in [5, 5.41) is 26.0. The Labute approximate surface area is 316 Å². The normalized spacial score (nSPS) is 43.5. The molecule has 53 heavy (non-hydrogen) atoms. The largest absolute Gasteiger partial charge is 0.393 e. The zero-order valence-corrected chi connectivity index (χ0v) is 32.9. The van der Waals surface area contributed by atoms with Crippen molar-refractivity contribution >= 4 is 27.1 Å². The van der Waals surface area contributed by atoms with Gasteiger partial charge in [0.05, 0.1) is 11.7 Å². The Kier molecular flexibility index (Phi) is 8.00. The summed E-state index contributed by atoms with van der Waals surface area (Å²) < 4.78 is 59.8. The molecule has 2 N–H and O–H groups in total. The van der Waals surface area contributed by atoms with E-state index in [4.69, 9.17) is 0 Å². The quantitative estimate of drug-likeness (QED) is 0.208. The van der Waals surface area contributed by atoms with E-state index in [-0.39, 0.29) is 46.5 Å². The maximum absolute atomic E-state index is 14.8. The molecular formula is C43H53F2NO5S2. The highest BCUT2D eigenvalue weighted by Gasteiger charge is 2.74. The Hall–Kier alpha value is -2.24. The number of hydrogen-bond donors (Lipinski definition) is 2. The first-order chi connectivity index (χ1) is 24.9. The average Bonchev–Trinajstić information content (AvgIpc) is 3.76. The van der Waals surface area contributed by atoms with Crippen LogP contribution in [0.5, 0.6) is 0 Å². The van der Waals surface area contributed by atoms with Crippen LogP contribution in [-0.4, -0.2) is 53.5 Å². The Bertz CT molecular complexity index is 2030. The van der Waals surface area contributed by atoms with Crippen LogP contribution in [0.4, 0.5) is 8.78 Å². The van der Waals surface area contributed by atoms with Crippen molar-refractivity contribution in [3.05, 3.63) is 76.7 Å². The molecule has 1 unspecified atom stereocenters. The number of allylic oxidation sites excluding steroid dienone is 4. The molecule has 1 aromatic carbocycles. The van der Waals surface area contributed by atoms with Crippen LogP contribution in [0.15, 0.2) is 63.7 Å². The van der Waals surface area contributed by atoms with Gasteiger partial charge in [0.25, 0.3) is 10.0 Å². The topological polar surface area (TPSA) is 94.9 Å². The zero-order valence-electron chi connectivity index (χ0n) is 31.3. The summed E-state index contributed by atoms with van der Waals surface area (Å²) in [4.78, 5) is 14.8. The highest BCUT2D eigenvalue weighted by molar-refractivity contribution is 7.91. The monoisotopic (exact) mass is 765 g/mol. The van der Waals surface area contributed by atoms with Crippen LogP contribution in [0.2, 0.25) is 0 Å². The van der Waals surface area contributed by atoms with Gasteiger partial charge in [-0.15, -0.1) is 11.3 Å². The number of halogens is 2. The molecule has 11 atom stereocenters. The predicted octanol–water partition coefficient (Wildman–Crippen LogP) is 8.56. The van der Waals surface area contributed by atoms with Crippen molar-refractivity contribution in [2.24, 2.45) is 56.7 Å². The van der Waals surface area contributed by atoms with Crippen molar-refractivity contribution in [3.63, 3.8) is 0 Å². The van der Waals surface area contributed by atoms with Crippen molar-refractivity contribution < 1.29 is 32.2 Å². The zero-order chi connectivity index (χ0) is 37.6. The van der Waals surface area contributed by atoms with E-state index in [2.05, 4.69) is 45.9 Å². The highest BCUT2D eigenvalue weighted by atomic mass is 32.2. The van der Waals surface area contributed by atoms with Gasteiger partial charge in [-0.1, -0.05) is 52.0 Å². The highest BCUT2D eigenvalue weighted by Crippen LogP contribution is 2.78. The summed E-state index contributed by atoms with van der Waals surface area (Å²) in [6.07, 6.45) is 13.5. The number of thiophene rings is 1. The van der Waals surface area contributed by atoms with Gasteiger partial charge in [0, 0.05) is 40.5 Å². The lowest BCUT2D eigenvalue weighted by atomic mass is 9.32. The number of sulfonamides is 1. The average molecular weight is 766 g/mol. The second-order valence-corrected chi connectivity index (χ2v) is 22.3. The smallest absolute Gasteiger partial charge is 0.252 e. The van der Waals surface area contributed by atoms with Crippen molar-refractivity contribution in [3.8, 4) is 0 Å². The Morgan fingerprint density at radius 3 is 2.38 bits per heavy atom.